The smallest absolute Gasteiger partial charge is 0.233 e. The number of rotatable bonds is 6. The van der Waals surface area contributed by atoms with Gasteiger partial charge in [0.15, 0.2) is 0 Å². The number of carbonyl (C=O) groups is 1. The summed E-state index contributed by atoms with van der Waals surface area (Å²) in [6, 6.07) is 0.376. The standard InChI is InChI=1S/C11H23N3O2/c1-9(5-6-11(15)13-12)14(2)8-10-4-3-7-16-10/h9-10H,3-8,12H2,1-2H3,(H,13,15). The number of nitrogens with one attached hydrogen (secondary N) is 1. The van der Waals surface area contributed by atoms with Crippen LogP contribution < -0.4 is 11.3 Å². The van der Waals surface area contributed by atoms with E-state index in [9.17, 15) is 4.79 Å². The summed E-state index contributed by atoms with van der Waals surface area (Å²) in [5.41, 5.74) is 2.15. The maximum Gasteiger partial charge on any atom is 0.233 e. The Kier molecular flexibility index (Phi) is 5.73. The number of hydrazine groups is 1. The van der Waals surface area contributed by atoms with E-state index in [-0.39, 0.29) is 5.91 Å². The summed E-state index contributed by atoms with van der Waals surface area (Å²) in [5, 5.41) is 0. The Balaban J connectivity index is 2.18. The van der Waals surface area contributed by atoms with Crippen LogP contribution in [0.2, 0.25) is 0 Å². The highest BCUT2D eigenvalue weighted by Crippen LogP contribution is 2.14. The fourth-order valence-corrected chi connectivity index (χ4v) is 1.92. The third-order valence-electron chi connectivity index (χ3n) is 3.22. The van der Waals surface area contributed by atoms with Gasteiger partial charge in [-0.2, -0.15) is 0 Å². The van der Waals surface area contributed by atoms with Crippen molar-refractivity contribution in [2.45, 2.75) is 44.8 Å². The second-order valence-corrected chi connectivity index (χ2v) is 4.53. The molecule has 16 heavy (non-hydrogen) atoms. The zero-order valence-corrected chi connectivity index (χ0v) is 10.2. The van der Waals surface area contributed by atoms with Crippen molar-refractivity contribution in [3.05, 3.63) is 0 Å². The lowest BCUT2D eigenvalue weighted by molar-refractivity contribution is -0.121. The average Bonchev–Trinajstić information content (AvgIpc) is 2.77. The molecule has 1 saturated heterocycles. The van der Waals surface area contributed by atoms with Crippen LogP contribution in [0, 0.1) is 0 Å². The normalized spacial score (nSPS) is 22.4. The van der Waals surface area contributed by atoms with Crippen molar-refractivity contribution >= 4 is 5.91 Å². The number of hydrogen-bond acceptors (Lipinski definition) is 4. The van der Waals surface area contributed by atoms with E-state index in [0.29, 0.717) is 18.6 Å². The topological polar surface area (TPSA) is 67.6 Å². The SMILES string of the molecule is CC(CCC(=O)NN)N(C)CC1CCCO1. The second kappa shape index (κ2) is 6.83. The molecule has 1 aliphatic heterocycles. The van der Waals surface area contributed by atoms with Gasteiger partial charge in [0, 0.05) is 25.6 Å². The van der Waals surface area contributed by atoms with Gasteiger partial charge >= 0.3 is 0 Å². The predicted molar refractivity (Wildman–Crippen MR) is 62.6 cm³/mol. The van der Waals surface area contributed by atoms with Crippen LogP contribution in [0.1, 0.15) is 32.6 Å². The van der Waals surface area contributed by atoms with Gasteiger partial charge in [0.05, 0.1) is 6.10 Å². The monoisotopic (exact) mass is 229 g/mol. The van der Waals surface area contributed by atoms with Gasteiger partial charge in [0.2, 0.25) is 5.91 Å². The molecule has 1 amide bonds. The number of amides is 1. The largest absolute Gasteiger partial charge is 0.377 e. The number of carbonyl (C=O) groups excluding carboxylic acids is 1. The number of hydrogen-bond donors (Lipinski definition) is 2. The fourth-order valence-electron chi connectivity index (χ4n) is 1.92. The molecule has 0 aromatic carbocycles. The van der Waals surface area contributed by atoms with E-state index in [0.717, 1.165) is 26.0 Å². The summed E-state index contributed by atoms with van der Waals surface area (Å²) in [6.07, 6.45) is 4.00. The first-order valence-electron chi connectivity index (χ1n) is 5.94. The first kappa shape index (κ1) is 13.4. The van der Waals surface area contributed by atoms with Gasteiger partial charge < -0.3 is 9.64 Å². The molecule has 5 heteroatoms. The Hall–Kier alpha value is -0.650. The Bertz CT molecular complexity index is 217. The molecule has 0 bridgehead atoms. The predicted octanol–water partition coefficient (Wildman–Crippen LogP) is 0.256. The highest BCUT2D eigenvalue weighted by Gasteiger charge is 2.20. The maximum atomic E-state index is 11.0. The molecular formula is C11H23N3O2. The minimum absolute atomic E-state index is 0.0997. The minimum Gasteiger partial charge on any atom is -0.377 e. The van der Waals surface area contributed by atoms with E-state index in [1.165, 1.54) is 6.42 Å². The summed E-state index contributed by atoms with van der Waals surface area (Å²) in [6.45, 7) is 3.96. The number of nitrogens with two attached hydrogens (primary N) is 1. The summed E-state index contributed by atoms with van der Waals surface area (Å²) >= 11 is 0. The molecule has 0 spiro atoms. The zero-order chi connectivity index (χ0) is 12.0. The summed E-state index contributed by atoms with van der Waals surface area (Å²) < 4.78 is 5.58. The van der Waals surface area contributed by atoms with Crippen LogP contribution in [0.25, 0.3) is 0 Å². The lowest BCUT2D eigenvalue weighted by Crippen LogP contribution is -2.37. The number of likely N-dealkylation sites (N-methyl/N-ethyl adjacent to an activating group) is 1. The van der Waals surface area contributed by atoms with Gasteiger partial charge in [-0.1, -0.05) is 0 Å². The maximum absolute atomic E-state index is 11.0. The van der Waals surface area contributed by atoms with E-state index < -0.39 is 0 Å². The lowest BCUT2D eigenvalue weighted by Gasteiger charge is -2.26. The van der Waals surface area contributed by atoms with Crippen molar-refractivity contribution in [3.8, 4) is 0 Å². The first-order valence-corrected chi connectivity index (χ1v) is 5.94. The van der Waals surface area contributed by atoms with Crippen molar-refractivity contribution in [2.24, 2.45) is 5.84 Å². The molecule has 0 saturated carbocycles. The summed E-state index contributed by atoms with van der Waals surface area (Å²) in [4.78, 5) is 13.3. The van der Waals surface area contributed by atoms with Crippen LogP contribution >= 0.6 is 0 Å². The van der Waals surface area contributed by atoms with Crippen molar-refractivity contribution in [3.63, 3.8) is 0 Å². The average molecular weight is 229 g/mol. The minimum atomic E-state index is -0.0997. The van der Waals surface area contributed by atoms with E-state index in [1.807, 2.05) is 0 Å². The third-order valence-corrected chi connectivity index (χ3v) is 3.22. The summed E-state index contributed by atoms with van der Waals surface area (Å²) in [7, 11) is 2.08. The highest BCUT2D eigenvalue weighted by atomic mass is 16.5. The Morgan fingerprint density at radius 3 is 3.00 bits per heavy atom. The van der Waals surface area contributed by atoms with Crippen LogP contribution in [0.5, 0.6) is 0 Å². The quantitative estimate of drug-likeness (QED) is 0.389. The van der Waals surface area contributed by atoms with Gasteiger partial charge in [-0.05, 0) is 33.2 Å². The van der Waals surface area contributed by atoms with E-state index >= 15 is 0 Å². The highest BCUT2D eigenvalue weighted by molar-refractivity contribution is 5.75. The summed E-state index contributed by atoms with van der Waals surface area (Å²) in [5.74, 6) is 4.93. The van der Waals surface area contributed by atoms with Crippen molar-refractivity contribution in [2.75, 3.05) is 20.2 Å². The molecule has 3 N–H and O–H groups in total. The molecule has 0 aromatic heterocycles. The second-order valence-electron chi connectivity index (χ2n) is 4.53. The van der Waals surface area contributed by atoms with Crippen LogP contribution in [0.15, 0.2) is 0 Å². The van der Waals surface area contributed by atoms with Crippen LogP contribution in [0.4, 0.5) is 0 Å². The van der Waals surface area contributed by atoms with Gasteiger partial charge in [-0.15, -0.1) is 0 Å². The van der Waals surface area contributed by atoms with Crippen molar-refractivity contribution in [1.29, 1.82) is 0 Å². The van der Waals surface area contributed by atoms with E-state index in [4.69, 9.17) is 10.6 Å². The molecule has 94 valence electrons. The molecule has 2 atom stereocenters. The molecule has 0 aromatic rings. The van der Waals surface area contributed by atoms with Gasteiger partial charge in [0.25, 0.3) is 0 Å². The van der Waals surface area contributed by atoms with Crippen molar-refractivity contribution in [1.82, 2.24) is 10.3 Å². The molecule has 0 radical (unpaired) electrons. The van der Waals surface area contributed by atoms with Crippen molar-refractivity contribution < 1.29 is 9.53 Å². The van der Waals surface area contributed by atoms with Crippen LogP contribution in [-0.4, -0.2) is 43.2 Å². The first-order chi connectivity index (χ1) is 7.63. The van der Waals surface area contributed by atoms with Crippen LogP contribution in [0.3, 0.4) is 0 Å². The van der Waals surface area contributed by atoms with Gasteiger partial charge in [-0.25, -0.2) is 5.84 Å². The molecular weight excluding hydrogens is 206 g/mol. The lowest BCUT2D eigenvalue weighted by atomic mass is 10.1. The zero-order valence-electron chi connectivity index (χ0n) is 10.2. The third kappa shape index (κ3) is 4.47. The molecule has 0 aliphatic carbocycles. The van der Waals surface area contributed by atoms with Crippen LogP contribution in [-0.2, 0) is 9.53 Å². The fraction of sp³-hybridized carbons (Fsp3) is 0.909. The van der Waals surface area contributed by atoms with E-state index in [1.54, 1.807) is 0 Å². The van der Waals surface area contributed by atoms with Gasteiger partial charge in [-0.3, -0.25) is 10.2 Å². The Morgan fingerprint density at radius 1 is 1.69 bits per heavy atom. The number of ether oxygens (including phenoxy) is 1. The van der Waals surface area contributed by atoms with Gasteiger partial charge in [0.1, 0.15) is 0 Å². The van der Waals surface area contributed by atoms with E-state index in [2.05, 4.69) is 24.3 Å². The molecule has 1 heterocycles. The molecule has 1 fully saturated rings. The molecule has 5 nitrogen and oxygen atoms in total. The molecule has 1 rings (SSSR count). The molecule has 2 unspecified atom stereocenters. The molecule has 1 aliphatic rings. The Labute approximate surface area is 97.3 Å². The number of nitrogens with zero attached hydrogens (tertiary/aromatic N) is 1. The Morgan fingerprint density at radius 2 is 2.44 bits per heavy atom.